The van der Waals surface area contributed by atoms with E-state index in [1.165, 1.54) is 0 Å². The zero-order valence-electron chi connectivity index (χ0n) is 9.84. The Bertz CT molecular complexity index is 367. The normalized spacial score (nSPS) is 19.7. The number of carbonyl (C=O) groups is 1. The van der Waals surface area contributed by atoms with Gasteiger partial charge in [0.1, 0.15) is 12.4 Å². The molecule has 17 heavy (non-hydrogen) atoms. The Morgan fingerprint density at radius 1 is 1.35 bits per heavy atom. The summed E-state index contributed by atoms with van der Waals surface area (Å²) < 4.78 is 5.56. The number of carbonyl (C=O) groups excluding carboxylic acids is 1. The van der Waals surface area contributed by atoms with Gasteiger partial charge in [-0.25, -0.2) is 0 Å². The maximum Gasteiger partial charge on any atom is 0.223 e. The molecule has 0 spiro atoms. The molecule has 1 aliphatic heterocycles. The lowest BCUT2D eigenvalue weighted by Gasteiger charge is -2.16. The standard InChI is InChI=1S/C13H18N2O2/c14-9-11-8-13(16)15(10-11)6-7-17-12-4-2-1-3-5-12/h1-5,11H,6-10,14H2. The van der Waals surface area contributed by atoms with E-state index in [9.17, 15) is 4.79 Å². The average Bonchev–Trinajstić information content (AvgIpc) is 2.72. The summed E-state index contributed by atoms with van der Waals surface area (Å²) in [6.45, 7) is 2.53. The van der Waals surface area contributed by atoms with Crippen LogP contribution in [-0.4, -0.2) is 37.0 Å². The molecular formula is C13H18N2O2. The van der Waals surface area contributed by atoms with E-state index in [-0.39, 0.29) is 5.91 Å². The van der Waals surface area contributed by atoms with Crippen molar-refractivity contribution in [1.29, 1.82) is 0 Å². The molecule has 0 bridgehead atoms. The molecule has 92 valence electrons. The van der Waals surface area contributed by atoms with Crippen molar-refractivity contribution in [3.05, 3.63) is 30.3 Å². The van der Waals surface area contributed by atoms with Gasteiger partial charge in [0.25, 0.3) is 0 Å². The Kier molecular flexibility index (Phi) is 3.98. The Morgan fingerprint density at radius 2 is 2.12 bits per heavy atom. The molecule has 1 fully saturated rings. The van der Waals surface area contributed by atoms with E-state index >= 15 is 0 Å². The van der Waals surface area contributed by atoms with Gasteiger partial charge in [-0.05, 0) is 24.6 Å². The number of benzene rings is 1. The van der Waals surface area contributed by atoms with Gasteiger partial charge in [-0.15, -0.1) is 0 Å². The highest BCUT2D eigenvalue weighted by Crippen LogP contribution is 2.16. The van der Waals surface area contributed by atoms with Crippen molar-refractivity contribution >= 4 is 5.91 Å². The van der Waals surface area contributed by atoms with Crippen molar-refractivity contribution in [1.82, 2.24) is 4.90 Å². The second-order valence-electron chi connectivity index (χ2n) is 4.31. The summed E-state index contributed by atoms with van der Waals surface area (Å²) in [5.41, 5.74) is 5.57. The minimum Gasteiger partial charge on any atom is -0.492 e. The summed E-state index contributed by atoms with van der Waals surface area (Å²) in [5, 5.41) is 0. The van der Waals surface area contributed by atoms with E-state index in [0.29, 0.717) is 32.0 Å². The smallest absolute Gasteiger partial charge is 0.223 e. The number of hydrogen-bond donors (Lipinski definition) is 1. The lowest BCUT2D eigenvalue weighted by molar-refractivity contribution is -0.128. The molecule has 0 saturated carbocycles. The molecule has 1 aromatic rings. The van der Waals surface area contributed by atoms with E-state index in [2.05, 4.69) is 0 Å². The van der Waals surface area contributed by atoms with Crippen LogP contribution in [0.25, 0.3) is 0 Å². The number of hydrogen-bond acceptors (Lipinski definition) is 3. The predicted octanol–water partition coefficient (Wildman–Crippen LogP) is 0.873. The molecule has 4 heteroatoms. The molecular weight excluding hydrogens is 216 g/mol. The molecule has 0 radical (unpaired) electrons. The molecule has 1 heterocycles. The fraction of sp³-hybridized carbons (Fsp3) is 0.462. The Morgan fingerprint density at radius 3 is 2.76 bits per heavy atom. The predicted molar refractivity (Wildman–Crippen MR) is 65.7 cm³/mol. The number of nitrogens with zero attached hydrogens (tertiary/aromatic N) is 1. The summed E-state index contributed by atoms with van der Waals surface area (Å²) in [5.74, 6) is 1.35. The minimum atomic E-state index is 0.192. The van der Waals surface area contributed by atoms with E-state index in [4.69, 9.17) is 10.5 Å². The molecule has 1 unspecified atom stereocenters. The van der Waals surface area contributed by atoms with Crippen LogP contribution in [0.3, 0.4) is 0 Å². The Labute approximate surface area is 101 Å². The molecule has 1 amide bonds. The molecule has 0 aliphatic carbocycles. The molecule has 1 aromatic carbocycles. The third kappa shape index (κ3) is 3.20. The summed E-state index contributed by atoms with van der Waals surface area (Å²) in [4.78, 5) is 13.4. The third-order valence-electron chi connectivity index (χ3n) is 3.00. The fourth-order valence-corrected chi connectivity index (χ4v) is 2.02. The van der Waals surface area contributed by atoms with Crippen molar-refractivity contribution in [3.63, 3.8) is 0 Å². The van der Waals surface area contributed by atoms with Gasteiger partial charge in [-0.1, -0.05) is 18.2 Å². The lowest BCUT2D eigenvalue weighted by atomic mass is 10.1. The van der Waals surface area contributed by atoms with Crippen molar-refractivity contribution < 1.29 is 9.53 Å². The topological polar surface area (TPSA) is 55.6 Å². The van der Waals surface area contributed by atoms with Crippen molar-refractivity contribution in [3.8, 4) is 5.75 Å². The molecule has 1 aliphatic rings. The van der Waals surface area contributed by atoms with E-state index in [1.54, 1.807) is 0 Å². The van der Waals surface area contributed by atoms with E-state index in [1.807, 2.05) is 35.2 Å². The number of nitrogens with two attached hydrogens (primary N) is 1. The van der Waals surface area contributed by atoms with Gasteiger partial charge in [0.15, 0.2) is 0 Å². The van der Waals surface area contributed by atoms with Crippen molar-refractivity contribution in [2.24, 2.45) is 11.7 Å². The van der Waals surface area contributed by atoms with Gasteiger partial charge in [-0.3, -0.25) is 4.79 Å². The SMILES string of the molecule is NCC1CC(=O)N(CCOc2ccccc2)C1. The van der Waals surface area contributed by atoms with Gasteiger partial charge in [-0.2, -0.15) is 0 Å². The van der Waals surface area contributed by atoms with Crippen LogP contribution in [0.1, 0.15) is 6.42 Å². The summed E-state index contributed by atoms with van der Waals surface area (Å²) >= 11 is 0. The number of para-hydroxylation sites is 1. The van der Waals surface area contributed by atoms with E-state index in [0.717, 1.165) is 12.3 Å². The highest BCUT2D eigenvalue weighted by atomic mass is 16.5. The zero-order valence-corrected chi connectivity index (χ0v) is 9.84. The van der Waals surface area contributed by atoms with Gasteiger partial charge in [0.2, 0.25) is 5.91 Å². The molecule has 0 aromatic heterocycles. The van der Waals surface area contributed by atoms with Gasteiger partial charge in [0.05, 0.1) is 6.54 Å². The first-order valence-corrected chi connectivity index (χ1v) is 5.95. The van der Waals surface area contributed by atoms with Crippen LogP contribution in [0.4, 0.5) is 0 Å². The van der Waals surface area contributed by atoms with Gasteiger partial charge in [0, 0.05) is 13.0 Å². The van der Waals surface area contributed by atoms with Crippen LogP contribution < -0.4 is 10.5 Å². The highest BCUT2D eigenvalue weighted by molar-refractivity contribution is 5.78. The first kappa shape index (κ1) is 11.9. The largest absolute Gasteiger partial charge is 0.492 e. The quantitative estimate of drug-likeness (QED) is 0.822. The molecule has 1 saturated heterocycles. The first-order valence-electron chi connectivity index (χ1n) is 5.95. The van der Waals surface area contributed by atoms with Crippen LogP contribution in [-0.2, 0) is 4.79 Å². The fourth-order valence-electron chi connectivity index (χ4n) is 2.02. The number of amides is 1. The van der Waals surface area contributed by atoms with Crippen LogP contribution in [0.2, 0.25) is 0 Å². The monoisotopic (exact) mass is 234 g/mol. The highest BCUT2D eigenvalue weighted by Gasteiger charge is 2.27. The molecule has 1 atom stereocenters. The van der Waals surface area contributed by atoms with E-state index < -0.39 is 0 Å². The molecule has 2 rings (SSSR count). The average molecular weight is 234 g/mol. The second kappa shape index (κ2) is 5.68. The maximum atomic E-state index is 11.6. The summed E-state index contributed by atoms with van der Waals surface area (Å²) in [7, 11) is 0. The number of likely N-dealkylation sites (tertiary alicyclic amines) is 1. The lowest BCUT2D eigenvalue weighted by Crippen LogP contribution is -2.30. The van der Waals surface area contributed by atoms with Gasteiger partial charge < -0.3 is 15.4 Å². The van der Waals surface area contributed by atoms with Crippen LogP contribution in [0, 0.1) is 5.92 Å². The minimum absolute atomic E-state index is 0.192. The Hall–Kier alpha value is -1.55. The summed E-state index contributed by atoms with van der Waals surface area (Å²) in [6, 6.07) is 9.63. The van der Waals surface area contributed by atoms with Crippen molar-refractivity contribution in [2.75, 3.05) is 26.2 Å². The number of rotatable bonds is 5. The maximum absolute atomic E-state index is 11.6. The second-order valence-corrected chi connectivity index (χ2v) is 4.31. The van der Waals surface area contributed by atoms with Gasteiger partial charge >= 0.3 is 0 Å². The van der Waals surface area contributed by atoms with Crippen molar-refractivity contribution in [2.45, 2.75) is 6.42 Å². The summed E-state index contributed by atoms with van der Waals surface area (Å²) in [6.07, 6.45) is 0.585. The Balaban J connectivity index is 1.74. The first-order chi connectivity index (χ1) is 8.29. The van der Waals surface area contributed by atoms with Crippen LogP contribution in [0.15, 0.2) is 30.3 Å². The zero-order chi connectivity index (χ0) is 12.1. The number of ether oxygens (including phenoxy) is 1. The molecule has 2 N–H and O–H groups in total. The third-order valence-corrected chi connectivity index (χ3v) is 3.00. The van der Waals surface area contributed by atoms with Crippen LogP contribution >= 0.6 is 0 Å². The molecule has 4 nitrogen and oxygen atoms in total. The van der Waals surface area contributed by atoms with Crippen LogP contribution in [0.5, 0.6) is 5.75 Å².